The molecule has 2 unspecified atom stereocenters. The van der Waals surface area contributed by atoms with E-state index in [1.54, 1.807) is 36.2 Å². The number of rotatable bonds is 2. The van der Waals surface area contributed by atoms with Crippen molar-refractivity contribution in [3.05, 3.63) is 29.8 Å². The first-order valence-electron chi connectivity index (χ1n) is 5.66. The molecule has 6 heteroatoms. The molecule has 2 rings (SSSR count). The Balaban J connectivity index is 2.08. The molecular formula is C12H15N5O. The van der Waals surface area contributed by atoms with Crippen molar-refractivity contribution in [3.63, 3.8) is 0 Å². The molecule has 2 atom stereocenters. The van der Waals surface area contributed by atoms with Gasteiger partial charge in [-0.1, -0.05) is 0 Å². The highest BCUT2D eigenvalue weighted by atomic mass is 16.2. The zero-order valence-corrected chi connectivity index (χ0v) is 10.1. The Morgan fingerprint density at radius 3 is 2.61 bits per heavy atom. The van der Waals surface area contributed by atoms with Crippen LogP contribution in [0.4, 0.5) is 5.69 Å². The van der Waals surface area contributed by atoms with Crippen molar-refractivity contribution in [1.82, 2.24) is 10.9 Å². The van der Waals surface area contributed by atoms with Crippen molar-refractivity contribution in [1.29, 1.82) is 5.26 Å². The summed E-state index contributed by atoms with van der Waals surface area (Å²) >= 11 is 0. The van der Waals surface area contributed by atoms with Gasteiger partial charge in [0, 0.05) is 19.2 Å². The zero-order valence-electron chi connectivity index (χ0n) is 10.1. The van der Waals surface area contributed by atoms with Gasteiger partial charge < -0.3 is 10.6 Å². The summed E-state index contributed by atoms with van der Waals surface area (Å²) in [5, 5.41) is 8.72. The first-order valence-corrected chi connectivity index (χ1v) is 5.66. The van der Waals surface area contributed by atoms with Crippen LogP contribution in [0.2, 0.25) is 0 Å². The molecule has 0 radical (unpaired) electrons. The number of anilines is 1. The van der Waals surface area contributed by atoms with Crippen LogP contribution >= 0.6 is 0 Å². The van der Waals surface area contributed by atoms with E-state index in [9.17, 15) is 4.79 Å². The highest BCUT2D eigenvalue weighted by Crippen LogP contribution is 2.16. The van der Waals surface area contributed by atoms with E-state index in [1.807, 2.05) is 6.07 Å². The van der Waals surface area contributed by atoms with E-state index in [0.29, 0.717) is 12.0 Å². The summed E-state index contributed by atoms with van der Waals surface area (Å²) in [4.78, 5) is 13.7. The number of hydrogen-bond acceptors (Lipinski definition) is 5. The van der Waals surface area contributed by atoms with Crippen LogP contribution in [0.1, 0.15) is 12.0 Å². The summed E-state index contributed by atoms with van der Waals surface area (Å²) in [6.45, 7) is 0. The smallest absolute Gasteiger partial charge is 0.245 e. The van der Waals surface area contributed by atoms with Crippen molar-refractivity contribution >= 4 is 11.6 Å². The monoisotopic (exact) mass is 245 g/mol. The third kappa shape index (κ3) is 2.49. The average molecular weight is 245 g/mol. The Kier molecular flexibility index (Phi) is 3.58. The van der Waals surface area contributed by atoms with Gasteiger partial charge in [-0.2, -0.15) is 5.26 Å². The van der Waals surface area contributed by atoms with Gasteiger partial charge in [-0.05, 0) is 24.3 Å². The highest BCUT2D eigenvalue weighted by molar-refractivity contribution is 5.96. The van der Waals surface area contributed by atoms with Crippen molar-refractivity contribution in [2.45, 2.75) is 18.6 Å². The van der Waals surface area contributed by atoms with E-state index in [1.165, 1.54) is 0 Å². The molecule has 0 aromatic heterocycles. The van der Waals surface area contributed by atoms with Gasteiger partial charge in [0.15, 0.2) is 0 Å². The fraction of sp³-hybridized carbons (Fsp3) is 0.333. The number of hydrogen-bond donors (Lipinski definition) is 3. The van der Waals surface area contributed by atoms with Crippen molar-refractivity contribution in [2.24, 2.45) is 5.73 Å². The molecule has 1 aromatic rings. The lowest BCUT2D eigenvalue weighted by Crippen LogP contribution is -2.44. The summed E-state index contributed by atoms with van der Waals surface area (Å²) in [5.74, 6) is -0.0554. The number of nitrogens with one attached hydrogen (secondary N) is 2. The lowest BCUT2D eigenvalue weighted by Gasteiger charge is -2.20. The molecule has 0 spiro atoms. The molecule has 94 valence electrons. The predicted octanol–water partition coefficient (Wildman–Crippen LogP) is -0.328. The van der Waals surface area contributed by atoms with Gasteiger partial charge in [-0.3, -0.25) is 4.79 Å². The van der Waals surface area contributed by atoms with Crippen LogP contribution in [0.15, 0.2) is 24.3 Å². The maximum Gasteiger partial charge on any atom is 0.245 e. The number of nitriles is 1. The van der Waals surface area contributed by atoms with Crippen LogP contribution in [0, 0.1) is 11.3 Å². The second kappa shape index (κ2) is 5.14. The molecule has 1 aromatic carbocycles. The molecule has 18 heavy (non-hydrogen) atoms. The second-order valence-corrected chi connectivity index (χ2v) is 4.24. The normalized spacial score (nSPS) is 22.5. The Morgan fingerprint density at radius 2 is 2.11 bits per heavy atom. The summed E-state index contributed by atoms with van der Waals surface area (Å²) < 4.78 is 0. The molecule has 0 aliphatic carbocycles. The van der Waals surface area contributed by atoms with E-state index in [2.05, 4.69) is 10.9 Å². The van der Waals surface area contributed by atoms with Crippen LogP contribution < -0.4 is 21.5 Å². The Morgan fingerprint density at radius 1 is 1.44 bits per heavy atom. The van der Waals surface area contributed by atoms with Gasteiger partial charge in [0.2, 0.25) is 5.91 Å². The Labute approximate surface area is 105 Å². The Hall–Kier alpha value is -1.94. The van der Waals surface area contributed by atoms with Crippen LogP contribution in [0.5, 0.6) is 0 Å². The van der Waals surface area contributed by atoms with E-state index < -0.39 is 0 Å². The topological polar surface area (TPSA) is 94.2 Å². The minimum atomic E-state index is -0.319. The highest BCUT2D eigenvalue weighted by Gasteiger charge is 2.29. The molecule has 1 amide bonds. The number of benzene rings is 1. The predicted molar refractivity (Wildman–Crippen MR) is 67.2 cm³/mol. The lowest BCUT2D eigenvalue weighted by molar-refractivity contribution is -0.120. The number of nitrogens with two attached hydrogens (primary N) is 1. The van der Waals surface area contributed by atoms with Gasteiger partial charge in [-0.15, -0.1) is 0 Å². The summed E-state index contributed by atoms with van der Waals surface area (Å²) in [6.07, 6.45) is 0.354. The van der Waals surface area contributed by atoms with Gasteiger partial charge in [-0.25, -0.2) is 10.9 Å². The maximum absolute atomic E-state index is 12.1. The Bertz CT molecular complexity index is 478. The molecule has 4 N–H and O–H groups in total. The summed E-state index contributed by atoms with van der Waals surface area (Å²) in [6, 6.07) is 8.59. The van der Waals surface area contributed by atoms with Crippen molar-refractivity contribution in [2.75, 3.05) is 11.9 Å². The first-order chi connectivity index (χ1) is 8.61. The number of likely N-dealkylation sites (N-methyl/N-ethyl adjacent to an activating group) is 1. The molecule has 1 heterocycles. The molecule has 6 nitrogen and oxygen atoms in total. The third-order valence-corrected chi connectivity index (χ3v) is 2.94. The molecule has 1 aliphatic heterocycles. The second-order valence-electron chi connectivity index (χ2n) is 4.24. The van der Waals surface area contributed by atoms with Crippen LogP contribution in [-0.4, -0.2) is 25.2 Å². The maximum atomic E-state index is 12.1. The molecule has 1 fully saturated rings. The van der Waals surface area contributed by atoms with Crippen LogP contribution in [0.25, 0.3) is 0 Å². The third-order valence-electron chi connectivity index (χ3n) is 2.94. The minimum absolute atomic E-state index is 0.0554. The van der Waals surface area contributed by atoms with Crippen molar-refractivity contribution in [3.8, 4) is 6.07 Å². The lowest BCUT2D eigenvalue weighted by atomic mass is 10.1. The van der Waals surface area contributed by atoms with E-state index in [4.69, 9.17) is 11.0 Å². The van der Waals surface area contributed by atoms with Gasteiger partial charge >= 0.3 is 0 Å². The molecule has 0 saturated carbocycles. The molecule has 1 aliphatic rings. The standard InChI is InChI=1S/C12H15N5O/c1-17(9-4-2-8(7-13)3-5-9)12(18)10-6-11(14)16-15-10/h2-5,10-11,15-16H,6,14H2,1H3. The quantitative estimate of drug-likeness (QED) is 0.663. The number of amides is 1. The van der Waals surface area contributed by atoms with E-state index >= 15 is 0 Å². The average Bonchev–Trinajstić information content (AvgIpc) is 2.84. The fourth-order valence-corrected chi connectivity index (χ4v) is 1.86. The molecule has 1 saturated heterocycles. The van der Waals surface area contributed by atoms with Crippen LogP contribution in [0.3, 0.4) is 0 Å². The minimum Gasteiger partial charge on any atom is -0.315 e. The number of carbonyl (C=O) groups excluding carboxylic acids is 1. The summed E-state index contributed by atoms with van der Waals surface area (Å²) in [5.41, 5.74) is 12.7. The van der Waals surface area contributed by atoms with Crippen molar-refractivity contribution < 1.29 is 4.79 Å². The van der Waals surface area contributed by atoms with E-state index in [-0.39, 0.29) is 18.1 Å². The zero-order chi connectivity index (χ0) is 13.1. The number of hydrazine groups is 1. The van der Waals surface area contributed by atoms with E-state index in [0.717, 1.165) is 5.69 Å². The molecular weight excluding hydrogens is 230 g/mol. The fourth-order valence-electron chi connectivity index (χ4n) is 1.86. The molecule has 0 bridgehead atoms. The first kappa shape index (κ1) is 12.5. The van der Waals surface area contributed by atoms with Crippen LogP contribution in [-0.2, 0) is 4.79 Å². The van der Waals surface area contributed by atoms with Gasteiger partial charge in [0.05, 0.1) is 17.8 Å². The SMILES string of the molecule is CN(C(=O)C1CC(N)NN1)c1ccc(C#N)cc1. The number of carbonyl (C=O) groups is 1. The van der Waals surface area contributed by atoms with Gasteiger partial charge in [0.25, 0.3) is 0 Å². The summed E-state index contributed by atoms with van der Waals surface area (Å²) in [7, 11) is 1.70. The largest absolute Gasteiger partial charge is 0.315 e. The van der Waals surface area contributed by atoms with Gasteiger partial charge in [0.1, 0.15) is 6.04 Å². The number of nitrogens with zero attached hydrogens (tertiary/aromatic N) is 2.